The van der Waals surface area contributed by atoms with E-state index in [1.165, 1.54) is 0 Å². The standard InChI is InChI=1S/C9H12N2O2/c10-8(9(12)13-11)6-7-4-2-1-3-5-7/h1-5,8H,6,10-11H2. The van der Waals surface area contributed by atoms with Crippen molar-refractivity contribution in [2.75, 3.05) is 0 Å². The quantitative estimate of drug-likeness (QED) is 0.640. The van der Waals surface area contributed by atoms with Gasteiger partial charge in [-0.1, -0.05) is 30.3 Å². The first kappa shape index (κ1) is 9.70. The van der Waals surface area contributed by atoms with Crippen LogP contribution in [0.1, 0.15) is 5.56 Å². The maximum Gasteiger partial charge on any atom is 0.341 e. The van der Waals surface area contributed by atoms with Crippen molar-refractivity contribution in [3.63, 3.8) is 0 Å². The summed E-state index contributed by atoms with van der Waals surface area (Å²) in [5.74, 6) is 4.10. The number of benzene rings is 1. The predicted octanol–water partition coefficient (Wildman–Crippen LogP) is -0.0267. The number of nitrogens with two attached hydrogens (primary N) is 2. The van der Waals surface area contributed by atoms with Gasteiger partial charge in [-0.2, -0.15) is 5.90 Å². The van der Waals surface area contributed by atoms with E-state index >= 15 is 0 Å². The molecule has 0 heterocycles. The Labute approximate surface area is 76.4 Å². The molecule has 0 aliphatic rings. The van der Waals surface area contributed by atoms with Gasteiger partial charge in [-0.25, -0.2) is 4.79 Å². The summed E-state index contributed by atoms with van der Waals surface area (Å²) in [5.41, 5.74) is 6.49. The Balaban J connectivity index is 2.55. The van der Waals surface area contributed by atoms with Crippen LogP contribution in [0.25, 0.3) is 0 Å². The third-order valence-electron chi connectivity index (χ3n) is 1.72. The van der Waals surface area contributed by atoms with E-state index in [4.69, 9.17) is 11.6 Å². The van der Waals surface area contributed by atoms with Crippen LogP contribution in [0.3, 0.4) is 0 Å². The minimum absolute atomic E-state index is 0.441. The van der Waals surface area contributed by atoms with Crippen LogP contribution in [0.5, 0.6) is 0 Å². The van der Waals surface area contributed by atoms with E-state index in [-0.39, 0.29) is 0 Å². The second-order valence-electron chi connectivity index (χ2n) is 2.73. The zero-order valence-corrected chi connectivity index (χ0v) is 7.14. The van der Waals surface area contributed by atoms with E-state index in [1.807, 2.05) is 30.3 Å². The van der Waals surface area contributed by atoms with Gasteiger partial charge in [-0.05, 0) is 12.0 Å². The number of carbonyl (C=O) groups excluding carboxylic acids is 1. The number of hydrogen-bond acceptors (Lipinski definition) is 4. The summed E-state index contributed by atoms with van der Waals surface area (Å²) < 4.78 is 0. The molecule has 1 unspecified atom stereocenters. The summed E-state index contributed by atoms with van der Waals surface area (Å²) in [7, 11) is 0. The fourth-order valence-corrected chi connectivity index (χ4v) is 1.04. The van der Waals surface area contributed by atoms with Crippen molar-refractivity contribution in [2.24, 2.45) is 11.6 Å². The van der Waals surface area contributed by atoms with E-state index in [9.17, 15) is 4.79 Å². The molecule has 0 aliphatic heterocycles. The molecule has 13 heavy (non-hydrogen) atoms. The smallest absolute Gasteiger partial charge is 0.341 e. The molecular formula is C9H12N2O2. The van der Waals surface area contributed by atoms with Crippen LogP contribution in [-0.4, -0.2) is 12.0 Å². The summed E-state index contributed by atoms with van der Waals surface area (Å²) in [6.07, 6.45) is 0.441. The van der Waals surface area contributed by atoms with E-state index in [2.05, 4.69) is 4.84 Å². The fourth-order valence-electron chi connectivity index (χ4n) is 1.04. The highest BCUT2D eigenvalue weighted by atomic mass is 16.7. The van der Waals surface area contributed by atoms with Crippen LogP contribution in [0.15, 0.2) is 30.3 Å². The lowest BCUT2D eigenvalue weighted by Gasteiger charge is -2.07. The van der Waals surface area contributed by atoms with Gasteiger partial charge in [0.15, 0.2) is 0 Å². The minimum Gasteiger partial charge on any atom is -0.372 e. The number of carbonyl (C=O) groups is 1. The largest absolute Gasteiger partial charge is 0.372 e. The average molecular weight is 180 g/mol. The molecule has 0 radical (unpaired) electrons. The Morgan fingerprint density at radius 3 is 2.54 bits per heavy atom. The maximum atomic E-state index is 10.8. The average Bonchev–Trinajstić information content (AvgIpc) is 2.18. The summed E-state index contributed by atoms with van der Waals surface area (Å²) in [6, 6.07) is 8.77. The van der Waals surface area contributed by atoms with E-state index in [0.717, 1.165) is 5.56 Å². The zero-order valence-electron chi connectivity index (χ0n) is 7.14. The molecule has 0 saturated heterocycles. The molecule has 1 aromatic rings. The zero-order chi connectivity index (χ0) is 9.68. The fraction of sp³-hybridized carbons (Fsp3) is 0.222. The number of hydrogen-bond donors (Lipinski definition) is 2. The van der Waals surface area contributed by atoms with Gasteiger partial charge < -0.3 is 10.6 Å². The summed E-state index contributed by atoms with van der Waals surface area (Å²) in [4.78, 5) is 14.9. The van der Waals surface area contributed by atoms with Gasteiger partial charge in [0.2, 0.25) is 0 Å². The summed E-state index contributed by atoms with van der Waals surface area (Å²) in [5, 5.41) is 0. The first-order valence-corrected chi connectivity index (χ1v) is 3.94. The molecule has 4 heteroatoms. The highest BCUT2D eigenvalue weighted by molar-refractivity contribution is 5.75. The molecule has 70 valence electrons. The molecule has 0 fully saturated rings. The van der Waals surface area contributed by atoms with Gasteiger partial charge >= 0.3 is 5.97 Å². The molecule has 4 N–H and O–H groups in total. The van der Waals surface area contributed by atoms with Gasteiger partial charge in [-0.15, -0.1) is 0 Å². The van der Waals surface area contributed by atoms with Crippen LogP contribution < -0.4 is 11.6 Å². The summed E-state index contributed by atoms with van der Waals surface area (Å²) >= 11 is 0. The highest BCUT2D eigenvalue weighted by Crippen LogP contribution is 2.01. The molecule has 4 nitrogen and oxygen atoms in total. The Morgan fingerprint density at radius 1 is 1.38 bits per heavy atom. The van der Waals surface area contributed by atoms with E-state index in [0.29, 0.717) is 6.42 Å². The normalized spacial score (nSPS) is 12.2. The van der Waals surface area contributed by atoms with Crippen molar-refractivity contribution >= 4 is 5.97 Å². The molecule has 0 amide bonds. The van der Waals surface area contributed by atoms with E-state index in [1.54, 1.807) is 0 Å². The SMILES string of the molecule is NOC(=O)C(N)Cc1ccccc1. The van der Waals surface area contributed by atoms with Gasteiger partial charge in [0, 0.05) is 0 Å². The first-order chi connectivity index (χ1) is 6.24. The molecule has 0 spiro atoms. The van der Waals surface area contributed by atoms with Gasteiger partial charge in [0.05, 0.1) is 0 Å². The van der Waals surface area contributed by atoms with E-state index < -0.39 is 12.0 Å². The maximum absolute atomic E-state index is 10.8. The van der Waals surface area contributed by atoms with Gasteiger partial charge in [0.1, 0.15) is 6.04 Å². The predicted molar refractivity (Wildman–Crippen MR) is 48.4 cm³/mol. The van der Waals surface area contributed by atoms with Crippen molar-refractivity contribution in [1.29, 1.82) is 0 Å². The van der Waals surface area contributed by atoms with Crippen LogP contribution in [0.2, 0.25) is 0 Å². The first-order valence-electron chi connectivity index (χ1n) is 3.94. The molecule has 0 aromatic heterocycles. The Kier molecular flexibility index (Phi) is 3.42. The molecule has 0 saturated carbocycles. The Hall–Kier alpha value is -1.39. The van der Waals surface area contributed by atoms with Crippen molar-refractivity contribution in [2.45, 2.75) is 12.5 Å². The lowest BCUT2D eigenvalue weighted by atomic mass is 10.1. The number of rotatable bonds is 3. The van der Waals surface area contributed by atoms with Crippen molar-refractivity contribution < 1.29 is 9.63 Å². The molecular weight excluding hydrogens is 168 g/mol. The molecule has 0 aliphatic carbocycles. The van der Waals surface area contributed by atoms with Crippen molar-refractivity contribution in [3.05, 3.63) is 35.9 Å². The van der Waals surface area contributed by atoms with Crippen LogP contribution in [-0.2, 0) is 16.1 Å². The lowest BCUT2D eigenvalue weighted by Crippen LogP contribution is -2.35. The molecule has 0 bridgehead atoms. The van der Waals surface area contributed by atoms with Gasteiger partial charge in [-0.3, -0.25) is 0 Å². The van der Waals surface area contributed by atoms with Crippen LogP contribution in [0.4, 0.5) is 0 Å². The Bertz CT molecular complexity index is 274. The second kappa shape index (κ2) is 4.59. The van der Waals surface area contributed by atoms with Crippen molar-refractivity contribution in [1.82, 2.24) is 0 Å². The third-order valence-corrected chi connectivity index (χ3v) is 1.72. The molecule has 1 rings (SSSR count). The lowest BCUT2D eigenvalue weighted by molar-refractivity contribution is -0.145. The highest BCUT2D eigenvalue weighted by Gasteiger charge is 2.14. The van der Waals surface area contributed by atoms with Crippen LogP contribution >= 0.6 is 0 Å². The second-order valence-corrected chi connectivity index (χ2v) is 2.73. The molecule has 1 atom stereocenters. The van der Waals surface area contributed by atoms with Gasteiger partial charge in [0.25, 0.3) is 0 Å². The topological polar surface area (TPSA) is 78.3 Å². The monoisotopic (exact) mass is 180 g/mol. The minimum atomic E-state index is -0.688. The molecule has 1 aromatic carbocycles. The van der Waals surface area contributed by atoms with Crippen molar-refractivity contribution in [3.8, 4) is 0 Å². The van der Waals surface area contributed by atoms with Crippen LogP contribution in [0, 0.1) is 0 Å². The third kappa shape index (κ3) is 2.85. The summed E-state index contributed by atoms with van der Waals surface area (Å²) in [6.45, 7) is 0. The Morgan fingerprint density at radius 2 is 2.00 bits per heavy atom.